The molecule has 2 N–H and O–H groups in total. The Balaban J connectivity index is 1.46. The number of anilines is 2. The molecule has 0 saturated heterocycles. The van der Waals surface area contributed by atoms with Crippen molar-refractivity contribution in [2.24, 2.45) is 5.92 Å². The molecule has 0 bridgehead atoms. The number of amides is 1. The summed E-state index contributed by atoms with van der Waals surface area (Å²) in [6, 6.07) is 2.17. The van der Waals surface area contributed by atoms with Crippen LogP contribution >= 0.6 is 11.3 Å². The SMILES string of the molecule is CCN(C(=O)[C@H]1CCc2c(sc3ncnc(Nc4cc5cn[nH]c5cn4)c23)C1)C(C)C. The number of aromatic nitrogens is 5. The van der Waals surface area contributed by atoms with Crippen molar-refractivity contribution in [3.05, 3.63) is 35.2 Å². The number of hydrogen-bond acceptors (Lipinski definition) is 7. The van der Waals surface area contributed by atoms with Crippen molar-refractivity contribution in [3.8, 4) is 0 Å². The molecule has 1 amide bonds. The molecule has 1 aliphatic rings. The number of aryl methyl sites for hydroxylation is 1. The summed E-state index contributed by atoms with van der Waals surface area (Å²) in [5, 5.41) is 12.4. The number of nitrogens with one attached hydrogen (secondary N) is 2. The zero-order valence-corrected chi connectivity index (χ0v) is 18.7. The van der Waals surface area contributed by atoms with Crippen LogP contribution in [0, 0.1) is 5.92 Å². The quantitative estimate of drug-likeness (QED) is 0.490. The average molecular weight is 436 g/mol. The summed E-state index contributed by atoms with van der Waals surface area (Å²) in [6.07, 6.45) is 7.61. The average Bonchev–Trinajstić information content (AvgIpc) is 3.37. The van der Waals surface area contributed by atoms with Crippen molar-refractivity contribution in [1.29, 1.82) is 0 Å². The van der Waals surface area contributed by atoms with Crippen molar-refractivity contribution in [3.63, 3.8) is 0 Å². The minimum Gasteiger partial charge on any atom is -0.340 e. The van der Waals surface area contributed by atoms with Crippen LogP contribution in [0.3, 0.4) is 0 Å². The molecular weight excluding hydrogens is 410 g/mol. The minimum absolute atomic E-state index is 0.0393. The Morgan fingerprint density at radius 2 is 2.19 bits per heavy atom. The molecule has 160 valence electrons. The Hall–Kier alpha value is -3.07. The minimum atomic E-state index is 0.0393. The topological polar surface area (TPSA) is 99.7 Å². The molecule has 0 saturated carbocycles. The third kappa shape index (κ3) is 3.52. The summed E-state index contributed by atoms with van der Waals surface area (Å²) in [6.45, 7) is 6.96. The lowest BCUT2D eigenvalue weighted by molar-refractivity contribution is -0.137. The first kappa shape index (κ1) is 19.9. The van der Waals surface area contributed by atoms with E-state index >= 15 is 0 Å². The van der Waals surface area contributed by atoms with Crippen molar-refractivity contribution in [2.75, 3.05) is 11.9 Å². The second kappa shape index (κ2) is 7.88. The van der Waals surface area contributed by atoms with E-state index in [1.807, 2.05) is 17.9 Å². The largest absolute Gasteiger partial charge is 0.340 e. The normalized spacial score (nSPS) is 16.1. The van der Waals surface area contributed by atoms with Gasteiger partial charge < -0.3 is 10.2 Å². The van der Waals surface area contributed by atoms with Crippen LogP contribution in [-0.4, -0.2) is 48.5 Å². The van der Waals surface area contributed by atoms with Crippen LogP contribution in [-0.2, 0) is 17.6 Å². The van der Waals surface area contributed by atoms with Gasteiger partial charge in [0.25, 0.3) is 0 Å². The second-order valence-corrected chi connectivity index (χ2v) is 9.30. The Bertz CT molecular complexity index is 1260. The predicted molar refractivity (Wildman–Crippen MR) is 123 cm³/mol. The predicted octanol–water partition coefficient (Wildman–Crippen LogP) is 4.07. The van der Waals surface area contributed by atoms with Gasteiger partial charge in [0.05, 0.1) is 23.3 Å². The van der Waals surface area contributed by atoms with Crippen LogP contribution < -0.4 is 5.32 Å². The van der Waals surface area contributed by atoms with Gasteiger partial charge in [0.1, 0.15) is 22.8 Å². The number of hydrogen-bond donors (Lipinski definition) is 2. The number of carbonyl (C=O) groups is 1. The number of pyridine rings is 1. The number of rotatable bonds is 5. The fraction of sp³-hybridized carbons (Fsp3) is 0.409. The van der Waals surface area contributed by atoms with Gasteiger partial charge >= 0.3 is 0 Å². The third-order valence-corrected chi connectivity index (χ3v) is 7.18. The van der Waals surface area contributed by atoms with Crippen LogP contribution in [0.2, 0.25) is 0 Å². The fourth-order valence-electron chi connectivity index (χ4n) is 4.46. The fourth-order valence-corrected chi connectivity index (χ4v) is 5.72. The lowest BCUT2D eigenvalue weighted by Crippen LogP contribution is -2.42. The summed E-state index contributed by atoms with van der Waals surface area (Å²) in [7, 11) is 0. The van der Waals surface area contributed by atoms with Crippen LogP contribution in [0.1, 0.15) is 37.6 Å². The summed E-state index contributed by atoms with van der Waals surface area (Å²) in [5.74, 6) is 1.79. The van der Waals surface area contributed by atoms with Gasteiger partial charge in [-0.1, -0.05) is 0 Å². The van der Waals surface area contributed by atoms with E-state index in [0.717, 1.165) is 52.7 Å². The zero-order chi connectivity index (χ0) is 21.5. The Labute approximate surface area is 184 Å². The summed E-state index contributed by atoms with van der Waals surface area (Å²) in [5.41, 5.74) is 2.16. The highest BCUT2D eigenvalue weighted by atomic mass is 32.1. The third-order valence-electron chi connectivity index (χ3n) is 6.01. The molecule has 0 fully saturated rings. The molecule has 4 aromatic heterocycles. The highest BCUT2D eigenvalue weighted by Crippen LogP contribution is 2.40. The van der Waals surface area contributed by atoms with Gasteiger partial charge in [-0.25, -0.2) is 15.0 Å². The molecule has 4 aromatic rings. The smallest absolute Gasteiger partial charge is 0.226 e. The molecule has 5 rings (SSSR count). The number of fused-ring (bicyclic) bond motifs is 4. The first-order valence-corrected chi connectivity index (χ1v) is 11.5. The maximum atomic E-state index is 13.1. The van der Waals surface area contributed by atoms with Gasteiger partial charge in [0.15, 0.2) is 0 Å². The molecule has 1 aliphatic carbocycles. The molecule has 0 radical (unpaired) electrons. The van der Waals surface area contributed by atoms with Crippen molar-refractivity contribution >= 4 is 50.0 Å². The van der Waals surface area contributed by atoms with E-state index in [-0.39, 0.29) is 17.9 Å². The molecule has 0 aromatic carbocycles. The summed E-state index contributed by atoms with van der Waals surface area (Å²) in [4.78, 5) is 30.7. The molecule has 0 unspecified atom stereocenters. The zero-order valence-electron chi connectivity index (χ0n) is 17.8. The monoisotopic (exact) mass is 435 g/mol. The number of aromatic amines is 1. The molecule has 0 aliphatic heterocycles. The van der Waals surface area contributed by atoms with E-state index in [1.54, 1.807) is 30.1 Å². The van der Waals surface area contributed by atoms with E-state index in [0.29, 0.717) is 5.82 Å². The van der Waals surface area contributed by atoms with Crippen LogP contribution in [0.25, 0.3) is 21.1 Å². The standard InChI is InChI=1S/C22H25N7OS/c1-4-29(12(2)3)22(30)13-5-6-15-17(7-13)31-21-19(15)20(24-11-25-21)27-18-8-14-9-26-28-16(14)10-23-18/h8-13H,4-7H2,1-3H3,(H,26,28)(H,23,24,25,27)/t13-/m0/s1. The summed E-state index contributed by atoms with van der Waals surface area (Å²) < 4.78 is 0. The number of nitrogens with zero attached hydrogens (tertiary/aromatic N) is 5. The molecule has 0 spiro atoms. The molecule has 1 atom stereocenters. The van der Waals surface area contributed by atoms with Crippen molar-refractivity contribution in [2.45, 2.75) is 46.1 Å². The molecular formula is C22H25N7OS. The van der Waals surface area contributed by atoms with Gasteiger partial charge in [-0.3, -0.25) is 9.89 Å². The number of H-pyrrole nitrogens is 1. The van der Waals surface area contributed by atoms with E-state index in [1.165, 1.54) is 10.4 Å². The van der Waals surface area contributed by atoms with Crippen LogP contribution in [0.15, 0.2) is 24.8 Å². The van der Waals surface area contributed by atoms with Gasteiger partial charge in [0, 0.05) is 28.8 Å². The van der Waals surface area contributed by atoms with E-state index in [4.69, 9.17) is 0 Å². The Morgan fingerprint density at radius 3 is 3.00 bits per heavy atom. The van der Waals surface area contributed by atoms with E-state index < -0.39 is 0 Å². The first-order chi connectivity index (χ1) is 15.0. The second-order valence-electron chi connectivity index (χ2n) is 8.22. The Morgan fingerprint density at radius 1 is 1.32 bits per heavy atom. The van der Waals surface area contributed by atoms with Crippen LogP contribution in [0.5, 0.6) is 0 Å². The lowest BCUT2D eigenvalue weighted by atomic mass is 9.86. The first-order valence-electron chi connectivity index (χ1n) is 10.7. The number of thiophene rings is 1. The lowest BCUT2D eigenvalue weighted by Gasteiger charge is -2.31. The van der Waals surface area contributed by atoms with Gasteiger partial charge in [-0.15, -0.1) is 11.3 Å². The molecule has 9 heteroatoms. The highest BCUT2D eigenvalue weighted by Gasteiger charge is 2.32. The van der Waals surface area contributed by atoms with Gasteiger partial charge in [-0.05, 0) is 51.7 Å². The van der Waals surface area contributed by atoms with Crippen molar-refractivity contribution < 1.29 is 4.79 Å². The Kier molecular flexibility index (Phi) is 5.05. The highest BCUT2D eigenvalue weighted by molar-refractivity contribution is 7.19. The van der Waals surface area contributed by atoms with Crippen molar-refractivity contribution in [1.82, 2.24) is 30.0 Å². The van der Waals surface area contributed by atoms with E-state index in [9.17, 15) is 4.79 Å². The number of carbonyl (C=O) groups excluding carboxylic acids is 1. The summed E-state index contributed by atoms with van der Waals surface area (Å²) >= 11 is 1.68. The molecule has 8 nitrogen and oxygen atoms in total. The molecule has 31 heavy (non-hydrogen) atoms. The van der Waals surface area contributed by atoms with Crippen LogP contribution in [0.4, 0.5) is 11.6 Å². The maximum Gasteiger partial charge on any atom is 0.226 e. The molecule has 4 heterocycles. The van der Waals surface area contributed by atoms with E-state index in [2.05, 4.69) is 44.3 Å². The van der Waals surface area contributed by atoms with Gasteiger partial charge in [0.2, 0.25) is 5.91 Å². The van der Waals surface area contributed by atoms with Gasteiger partial charge in [-0.2, -0.15) is 5.10 Å². The maximum absolute atomic E-state index is 13.1.